The molecule has 0 radical (unpaired) electrons. The fraction of sp³-hybridized carbons (Fsp3) is 0.450. The molecule has 0 saturated heterocycles. The number of nitrogens with zero attached hydrogens (tertiary/aromatic N) is 1. The lowest BCUT2D eigenvalue weighted by Gasteiger charge is -2.20. The van der Waals surface area contributed by atoms with E-state index in [9.17, 15) is 9.59 Å². The van der Waals surface area contributed by atoms with E-state index in [0.717, 1.165) is 59.8 Å². The molecule has 2 aromatic rings. The van der Waals surface area contributed by atoms with Gasteiger partial charge in [0, 0.05) is 17.6 Å². The van der Waals surface area contributed by atoms with E-state index in [4.69, 9.17) is 4.98 Å². The number of carbonyl (C=O) groups is 2. The summed E-state index contributed by atoms with van der Waals surface area (Å²) >= 11 is 0. The van der Waals surface area contributed by atoms with Gasteiger partial charge >= 0.3 is 0 Å². The van der Waals surface area contributed by atoms with Crippen LogP contribution in [0.15, 0.2) is 18.2 Å². The molecule has 0 atom stereocenters. The molecule has 3 rings (SSSR count). The summed E-state index contributed by atoms with van der Waals surface area (Å²) < 4.78 is 0. The van der Waals surface area contributed by atoms with Gasteiger partial charge in [0.05, 0.1) is 17.6 Å². The molecule has 1 aromatic heterocycles. The molecule has 2 amide bonds. The lowest BCUT2D eigenvalue weighted by Crippen LogP contribution is -2.37. The Balaban J connectivity index is 1.94. The van der Waals surface area contributed by atoms with Crippen molar-refractivity contribution >= 4 is 22.7 Å². The molecule has 5 nitrogen and oxygen atoms in total. The summed E-state index contributed by atoms with van der Waals surface area (Å²) in [5, 5.41) is 6.45. The van der Waals surface area contributed by atoms with Crippen LogP contribution in [0.2, 0.25) is 0 Å². The second-order valence-corrected chi connectivity index (χ2v) is 6.67. The van der Waals surface area contributed by atoms with Crippen LogP contribution in [0.25, 0.3) is 10.9 Å². The molecule has 1 aliphatic rings. The molecule has 25 heavy (non-hydrogen) atoms. The molecule has 0 bridgehead atoms. The van der Waals surface area contributed by atoms with Crippen LogP contribution in [0.1, 0.15) is 53.4 Å². The second-order valence-electron chi connectivity index (χ2n) is 6.67. The van der Waals surface area contributed by atoms with Gasteiger partial charge in [-0.1, -0.05) is 18.6 Å². The van der Waals surface area contributed by atoms with Crippen molar-refractivity contribution in [1.29, 1.82) is 0 Å². The Morgan fingerprint density at radius 3 is 2.76 bits per heavy atom. The zero-order valence-electron chi connectivity index (χ0n) is 14.9. The van der Waals surface area contributed by atoms with Crippen molar-refractivity contribution < 1.29 is 9.59 Å². The van der Waals surface area contributed by atoms with E-state index in [0.29, 0.717) is 12.1 Å². The van der Waals surface area contributed by atoms with E-state index in [1.165, 1.54) is 0 Å². The number of hydrogen-bond acceptors (Lipinski definition) is 3. The van der Waals surface area contributed by atoms with E-state index < -0.39 is 0 Å². The first-order valence-electron chi connectivity index (χ1n) is 9.07. The molecule has 0 unspecified atom stereocenters. The lowest BCUT2D eigenvalue weighted by atomic mass is 9.89. The molecule has 5 heteroatoms. The third-order valence-electron chi connectivity index (χ3n) is 4.63. The van der Waals surface area contributed by atoms with Crippen molar-refractivity contribution in [1.82, 2.24) is 15.6 Å². The highest BCUT2D eigenvalue weighted by Gasteiger charge is 2.22. The number of rotatable bonds is 5. The Morgan fingerprint density at radius 2 is 1.96 bits per heavy atom. The van der Waals surface area contributed by atoms with Gasteiger partial charge < -0.3 is 10.6 Å². The number of fused-ring (bicyclic) bond motifs is 2. The summed E-state index contributed by atoms with van der Waals surface area (Å²) in [6.07, 6.45) is 4.84. The van der Waals surface area contributed by atoms with Gasteiger partial charge in [0.1, 0.15) is 0 Å². The minimum absolute atomic E-state index is 0.00321. The second kappa shape index (κ2) is 7.64. The highest BCUT2D eigenvalue weighted by atomic mass is 16.2. The molecule has 0 spiro atoms. The number of hydrogen-bond donors (Lipinski definition) is 2. The standard InChI is InChI=1S/C20H25N3O2/c1-3-10-21-18(24)12-22-20(25)19-14-6-4-5-7-16(14)23-17-9-8-13(2)11-15(17)19/h8-9,11H,3-7,10,12H2,1-2H3,(H,21,24)(H,22,25). The van der Waals surface area contributed by atoms with Gasteiger partial charge in [0.15, 0.2) is 0 Å². The van der Waals surface area contributed by atoms with Gasteiger partial charge in [-0.3, -0.25) is 14.6 Å². The molecule has 0 saturated carbocycles. The van der Waals surface area contributed by atoms with Crippen LogP contribution in [0.3, 0.4) is 0 Å². The fourth-order valence-corrected chi connectivity index (χ4v) is 3.37. The Labute approximate surface area is 148 Å². The van der Waals surface area contributed by atoms with E-state index in [1.807, 2.05) is 32.0 Å². The average Bonchev–Trinajstić information content (AvgIpc) is 2.62. The van der Waals surface area contributed by atoms with E-state index in [2.05, 4.69) is 10.6 Å². The number of amides is 2. The smallest absolute Gasteiger partial charge is 0.252 e. The molecule has 1 aliphatic carbocycles. The summed E-state index contributed by atoms with van der Waals surface area (Å²) in [5.41, 5.74) is 4.73. The Hall–Kier alpha value is -2.43. The summed E-state index contributed by atoms with van der Waals surface area (Å²) in [6.45, 7) is 4.64. The highest BCUT2D eigenvalue weighted by molar-refractivity contribution is 6.08. The maximum absolute atomic E-state index is 12.9. The van der Waals surface area contributed by atoms with Crippen LogP contribution in [0.4, 0.5) is 0 Å². The van der Waals surface area contributed by atoms with Crippen molar-refractivity contribution in [3.8, 4) is 0 Å². The van der Waals surface area contributed by atoms with Crippen LogP contribution in [0.5, 0.6) is 0 Å². The molecule has 1 aromatic carbocycles. The zero-order valence-corrected chi connectivity index (χ0v) is 14.9. The van der Waals surface area contributed by atoms with Gasteiger partial charge in [-0.15, -0.1) is 0 Å². The Kier molecular flexibility index (Phi) is 5.31. The maximum atomic E-state index is 12.9. The summed E-state index contributed by atoms with van der Waals surface area (Å²) in [4.78, 5) is 29.5. The predicted octanol–water partition coefficient (Wildman–Crippen LogP) is 2.68. The third kappa shape index (κ3) is 3.81. The van der Waals surface area contributed by atoms with E-state index in [-0.39, 0.29) is 18.4 Å². The number of benzene rings is 1. The van der Waals surface area contributed by atoms with Crippen LogP contribution in [-0.2, 0) is 17.6 Å². The van der Waals surface area contributed by atoms with Crippen LogP contribution in [-0.4, -0.2) is 29.9 Å². The predicted molar refractivity (Wildman–Crippen MR) is 98.8 cm³/mol. The van der Waals surface area contributed by atoms with E-state index in [1.54, 1.807) is 0 Å². The number of nitrogens with one attached hydrogen (secondary N) is 2. The largest absolute Gasteiger partial charge is 0.355 e. The Morgan fingerprint density at radius 1 is 1.16 bits per heavy atom. The van der Waals surface area contributed by atoms with Crippen LogP contribution >= 0.6 is 0 Å². The maximum Gasteiger partial charge on any atom is 0.252 e. The number of pyridine rings is 1. The van der Waals surface area contributed by atoms with Crippen molar-refractivity contribution in [2.45, 2.75) is 46.0 Å². The minimum Gasteiger partial charge on any atom is -0.355 e. The van der Waals surface area contributed by atoms with Crippen molar-refractivity contribution in [2.24, 2.45) is 0 Å². The minimum atomic E-state index is -0.178. The van der Waals surface area contributed by atoms with Crippen molar-refractivity contribution in [2.75, 3.05) is 13.1 Å². The molecule has 0 aliphatic heterocycles. The van der Waals surface area contributed by atoms with Crippen molar-refractivity contribution in [3.05, 3.63) is 40.6 Å². The Bertz CT molecular complexity index is 814. The molecule has 1 heterocycles. The number of carbonyl (C=O) groups excluding carboxylic acids is 2. The summed E-state index contributed by atoms with van der Waals surface area (Å²) in [6, 6.07) is 6.01. The summed E-state index contributed by atoms with van der Waals surface area (Å²) in [7, 11) is 0. The molecular weight excluding hydrogens is 314 g/mol. The highest BCUT2D eigenvalue weighted by Crippen LogP contribution is 2.29. The average molecular weight is 339 g/mol. The number of aromatic nitrogens is 1. The fourth-order valence-electron chi connectivity index (χ4n) is 3.37. The van der Waals surface area contributed by atoms with Gasteiger partial charge in [-0.25, -0.2) is 0 Å². The molecule has 132 valence electrons. The lowest BCUT2D eigenvalue weighted by molar-refractivity contribution is -0.120. The van der Waals surface area contributed by atoms with Gasteiger partial charge in [0.25, 0.3) is 5.91 Å². The summed E-state index contributed by atoms with van der Waals surface area (Å²) in [5.74, 6) is -0.332. The topological polar surface area (TPSA) is 71.1 Å². The normalized spacial score (nSPS) is 13.4. The SMILES string of the molecule is CCCNC(=O)CNC(=O)c1c2c(nc3ccc(C)cc13)CCCC2. The first-order chi connectivity index (χ1) is 12.1. The van der Waals surface area contributed by atoms with Crippen LogP contribution in [0, 0.1) is 6.92 Å². The monoisotopic (exact) mass is 339 g/mol. The van der Waals surface area contributed by atoms with Gasteiger partial charge in [-0.05, 0) is 56.7 Å². The van der Waals surface area contributed by atoms with Crippen LogP contribution < -0.4 is 10.6 Å². The first-order valence-corrected chi connectivity index (χ1v) is 9.07. The number of aryl methyl sites for hydroxylation is 2. The first kappa shape index (κ1) is 17.4. The third-order valence-corrected chi connectivity index (χ3v) is 4.63. The molecule has 2 N–H and O–H groups in total. The zero-order chi connectivity index (χ0) is 17.8. The van der Waals surface area contributed by atoms with Gasteiger partial charge in [-0.2, -0.15) is 0 Å². The molecule has 0 fully saturated rings. The molecular formula is C20H25N3O2. The quantitative estimate of drug-likeness (QED) is 0.880. The van der Waals surface area contributed by atoms with Gasteiger partial charge in [0.2, 0.25) is 5.91 Å². The van der Waals surface area contributed by atoms with Crippen molar-refractivity contribution in [3.63, 3.8) is 0 Å². The van der Waals surface area contributed by atoms with E-state index >= 15 is 0 Å².